The lowest BCUT2D eigenvalue weighted by Gasteiger charge is -2.22. The molecule has 0 saturated heterocycles. The Kier molecular flexibility index (Phi) is 3.41. The Morgan fingerprint density at radius 1 is 1.12 bits per heavy atom. The highest BCUT2D eigenvalue weighted by molar-refractivity contribution is 9.11. The first kappa shape index (κ1) is 12.8. The molecule has 0 atom stereocenters. The Hall–Kier alpha value is -0.680. The van der Waals surface area contributed by atoms with Crippen molar-refractivity contribution in [2.45, 2.75) is 26.3 Å². The van der Waals surface area contributed by atoms with E-state index in [1.165, 1.54) is 0 Å². The average molecular weight is 359 g/mol. The topological polar surface area (TPSA) is 37.8 Å². The third kappa shape index (κ3) is 2.96. The van der Waals surface area contributed by atoms with Gasteiger partial charge in [-0.3, -0.25) is 0 Å². The Balaban J connectivity index is 2.64. The van der Waals surface area contributed by atoms with Gasteiger partial charge in [-0.15, -0.1) is 0 Å². The Labute approximate surface area is 117 Å². The van der Waals surface area contributed by atoms with E-state index in [2.05, 4.69) is 67.9 Å². The summed E-state index contributed by atoms with van der Waals surface area (Å²) in [5.74, 6) is 0.851. The number of fused-ring (bicyclic) bond motifs is 1. The number of hydrogen-bond acceptors (Lipinski definition) is 3. The fourth-order valence-corrected chi connectivity index (χ4v) is 2.87. The van der Waals surface area contributed by atoms with E-state index in [0.717, 1.165) is 25.7 Å². The van der Waals surface area contributed by atoms with Crippen LogP contribution in [0.5, 0.6) is 0 Å². The monoisotopic (exact) mass is 357 g/mol. The third-order valence-corrected chi connectivity index (χ3v) is 3.21. The summed E-state index contributed by atoms with van der Waals surface area (Å²) in [6.07, 6.45) is 1.58. The molecule has 1 heterocycles. The summed E-state index contributed by atoms with van der Waals surface area (Å²) in [6, 6.07) is 4.00. The normalized spacial score (nSPS) is 11.8. The molecule has 1 N–H and O–H groups in total. The van der Waals surface area contributed by atoms with Crippen LogP contribution in [0.15, 0.2) is 27.4 Å². The highest BCUT2D eigenvalue weighted by atomic mass is 79.9. The Morgan fingerprint density at radius 2 is 1.82 bits per heavy atom. The molecule has 90 valence electrons. The quantitative estimate of drug-likeness (QED) is 0.822. The molecule has 0 aliphatic heterocycles. The maximum Gasteiger partial charge on any atom is 0.137 e. The fourth-order valence-electron chi connectivity index (χ4n) is 1.55. The van der Waals surface area contributed by atoms with Crippen LogP contribution in [-0.4, -0.2) is 15.5 Å². The molecule has 2 rings (SSSR count). The largest absolute Gasteiger partial charge is 0.365 e. The lowest BCUT2D eigenvalue weighted by Crippen LogP contribution is -2.26. The molecule has 0 saturated carbocycles. The van der Waals surface area contributed by atoms with Crippen molar-refractivity contribution in [2.24, 2.45) is 0 Å². The molecular formula is C12H13Br2N3. The average Bonchev–Trinajstić information content (AvgIpc) is 2.17. The number of nitrogens with one attached hydrogen (secondary N) is 1. The van der Waals surface area contributed by atoms with Gasteiger partial charge < -0.3 is 5.32 Å². The predicted octanol–water partition coefficient (Wildman–Crippen LogP) is 4.37. The number of benzene rings is 1. The molecule has 2 aromatic rings. The molecular weight excluding hydrogens is 346 g/mol. The molecule has 1 aromatic carbocycles. The van der Waals surface area contributed by atoms with Crippen LogP contribution in [0.1, 0.15) is 20.8 Å². The summed E-state index contributed by atoms with van der Waals surface area (Å²) in [4.78, 5) is 8.60. The van der Waals surface area contributed by atoms with E-state index in [1.54, 1.807) is 6.33 Å². The lowest BCUT2D eigenvalue weighted by atomic mass is 10.1. The van der Waals surface area contributed by atoms with Gasteiger partial charge in [0.05, 0.1) is 5.52 Å². The Morgan fingerprint density at radius 3 is 2.47 bits per heavy atom. The summed E-state index contributed by atoms with van der Waals surface area (Å²) in [6.45, 7) is 6.32. The first-order valence-corrected chi connectivity index (χ1v) is 6.83. The maximum atomic E-state index is 4.31. The van der Waals surface area contributed by atoms with E-state index in [1.807, 2.05) is 12.1 Å². The van der Waals surface area contributed by atoms with Crippen molar-refractivity contribution in [3.05, 3.63) is 27.4 Å². The molecule has 3 nitrogen and oxygen atoms in total. The second kappa shape index (κ2) is 4.53. The molecule has 17 heavy (non-hydrogen) atoms. The van der Waals surface area contributed by atoms with Gasteiger partial charge in [0.15, 0.2) is 0 Å². The van der Waals surface area contributed by atoms with Gasteiger partial charge in [0, 0.05) is 19.9 Å². The van der Waals surface area contributed by atoms with Crippen LogP contribution in [0.4, 0.5) is 5.82 Å². The standard InChI is InChI=1S/C12H13Br2N3/c1-12(2,3)17-11-8-4-7(13)5-9(14)10(8)15-6-16-11/h4-6H,1-3H3,(H,15,16,17). The molecule has 0 radical (unpaired) electrons. The van der Waals surface area contributed by atoms with Crippen molar-refractivity contribution >= 4 is 48.6 Å². The van der Waals surface area contributed by atoms with Crippen LogP contribution in [0.25, 0.3) is 10.9 Å². The smallest absolute Gasteiger partial charge is 0.137 e. The van der Waals surface area contributed by atoms with Gasteiger partial charge in [0.1, 0.15) is 12.1 Å². The van der Waals surface area contributed by atoms with Crippen LogP contribution in [0.3, 0.4) is 0 Å². The molecule has 0 amide bonds. The minimum atomic E-state index is -0.0317. The second-order valence-electron chi connectivity index (χ2n) is 4.88. The van der Waals surface area contributed by atoms with E-state index in [4.69, 9.17) is 0 Å². The number of anilines is 1. The number of aromatic nitrogens is 2. The Bertz CT molecular complexity index is 561. The molecule has 0 fully saturated rings. The van der Waals surface area contributed by atoms with E-state index in [9.17, 15) is 0 Å². The first-order chi connectivity index (χ1) is 7.87. The highest BCUT2D eigenvalue weighted by Gasteiger charge is 2.14. The van der Waals surface area contributed by atoms with E-state index in [-0.39, 0.29) is 5.54 Å². The molecule has 0 bridgehead atoms. The molecule has 0 aliphatic carbocycles. The SMILES string of the molecule is CC(C)(C)Nc1ncnc2c(Br)cc(Br)cc12. The van der Waals surface area contributed by atoms with Crippen molar-refractivity contribution in [1.82, 2.24) is 9.97 Å². The van der Waals surface area contributed by atoms with Crippen molar-refractivity contribution in [1.29, 1.82) is 0 Å². The highest BCUT2D eigenvalue weighted by Crippen LogP contribution is 2.31. The van der Waals surface area contributed by atoms with Gasteiger partial charge in [0.2, 0.25) is 0 Å². The molecule has 5 heteroatoms. The predicted molar refractivity (Wildman–Crippen MR) is 78.3 cm³/mol. The van der Waals surface area contributed by atoms with E-state index in [0.29, 0.717) is 0 Å². The number of halogens is 2. The van der Waals surface area contributed by atoms with Gasteiger partial charge in [-0.25, -0.2) is 9.97 Å². The number of hydrogen-bond donors (Lipinski definition) is 1. The van der Waals surface area contributed by atoms with Crippen LogP contribution >= 0.6 is 31.9 Å². The van der Waals surface area contributed by atoms with Crippen LogP contribution in [0, 0.1) is 0 Å². The number of nitrogens with zero attached hydrogens (tertiary/aromatic N) is 2. The molecule has 1 aromatic heterocycles. The second-order valence-corrected chi connectivity index (χ2v) is 6.65. The first-order valence-electron chi connectivity index (χ1n) is 5.25. The summed E-state index contributed by atoms with van der Waals surface area (Å²) < 4.78 is 1.96. The van der Waals surface area contributed by atoms with Gasteiger partial charge in [0.25, 0.3) is 0 Å². The molecule has 0 aliphatic rings. The van der Waals surface area contributed by atoms with Crippen molar-refractivity contribution < 1.29 is 0 Å². The zero-order chi connectivity index (χ0) is 12.6. The van der Waals surface area contributed by atoms with Gasteiger partial charge in [-0.05, 0) is 48.8 Å². The minimum absolute atomic E-state index is 0.0317. The van der Waals surface area contributed by atoms with Gasteiger partial charge in [-0.1, -0.05) is 15.9 Å². The van der Waals surface area contributed by atoms with E-state index < -0.39 is 0 Å². The van der Waals surface area contributed by atoms with E-state index >= 15 is 0 Å². The minimum Gasteiger partial charge on any atom is -0.365 e. The zero-order valence-corrected chi connectivity index (χ0v) is 13.1. The van der Waals surface area contributed by atoms with Crippen molar-refractivity contribution in [3.63, 3.8) is 0 Å². The molecule has 0 unspecified atom stereocenters. The summed E-state index contributed by atoms with van der Waals surface area (Å²) in [5, 5.41) is 4.39. The van der Waals surface area contributed by atoms with Crippen molar-refractivity contribution in [2.75, 3.05) is 5.32 Å². The fraction of sp³-hybridized carbons (Fsp3) is 0.333. The van der Waals surface area contributed by atoms with Crippen molar-refractivity contribution in [3.8, 4) is 0 Å². The number of rotatable bonds is 1. The van der Waals surface area contributed by atoms with Gasteiger partial charge >= 0.3 is 0 Å². The molecule has 0 spiro atoms. The van der Waals surface area contributed by atoms with Crippen LogP contribution < -0.4 is 5.32 Å². The lowest BCUT2D eigenvalue weighted by molar-refractivity contribution is 0.631. The summed E-state index contributed by atoms with van der Waals surface area (Å²) in [7, 11) is 0. The van der Waals surface area contributed by atoms with Crippen LogP contribution in [0.2, 0.25) is 0 Å². The summed E-state index contributed by atoms with van der Waals surface area (Å²) >= 11 is 7.00. The summed E-state index contributed by atoms with van der Waals surface area (Å²) in [5.41, 5.74) is 0.880. The van der Waals surface area contributed by atoms with Crippen LogP contribution in [-0.2, 0) is 0 Å². The third-order valence-electron chi connectivity index (χ3n) is 2.15. The zero-order valence-electron chi connectivity index (χ0n) is 9.88. The van der Waals surface area contributed by atoms with Gasteiger partial charge in [-0.2, -0.15) is 0 Å². The maximum absolute atomic E-state index is 4.31.